The molecule has 0 unspecified atom stereocenters. The second-order valence-corrected chi connectivity index (χ2v) is 5.24. The molecule has 0 heterocycles. The number of rotatable bonds is 5. The Kier molecular flexibility index (Phi) is 4.73. The van der Waals surface area contributed by atoms with E-state index in [1.54, 1.807) is 19.2 Å². The highest BCUT2D eigenvalue weighted by atomic mass is 16.5. The molecule has 0 atom stereocenters. The summed E-state index contributed by atoms with van der Waals surface area (Å²) in [5, 5.41) is 2.89. The van der Waals surface area contributed by atoms with Crippen LogP contribution in [0.15, 0.2) is 18.2 Å². The third-order valence-electron chi connectivity index (χ3n) is 2.95. The number of hydrogen-bond donors (Lipinski definition) is 2. The molecule has 3 N–H and O–H groups in total. The summed E-state index contributed by atoms with van der Waals surface area (Å²) in [7, 11) is 1.60. The van der Waals surface area contributed by atoms with Gasteiger partial charge in [-0.25, -0.2) is 0 Å². The van der Waals surface area contributed by atoms with Crippen molar-refractivity contribution in [1.82, 2.24) is 5.32 Å². The minimum absolute atomic E-state index is 0.0928. The molecule has 0 saturated heterocycles. The van der Waals surface area contributed by atoms with E-state index in [-0.39, 0.29) is 11.3 Å². The van der Waals surface area contributed by atoms with Gasteiger partial charge < -0.3 is 15.8 Å². The summed E-state index contributed by atoms with van der Waals surface area (Å²) >= 11 is 0. The third kappa shape index (κ3) is 3.74. The van der Waals surface area contributed by atoms with Crippen LogP contribution in [0, 0.1) is 12.3 Å². The summed E-state index contributed by atoms with van der Waals surface area (Å²) in [4.78, 5) is 12.0. The molecule has 0 aliphatic rings. The van der Waals surface area contributed by atoms with Crippen molar-refractivity contribution in [2.45, 2.75) is 20.8 Å². The molecule has 1 amide bonds. The molecule has 4 nitrogen and oxygen atoms in total. The number of carbonyl (C=O) groups is 1. The third-order valence-corrected chi connectivity index (χ3v) is 2.95. The fraction of sp³-hybridized carbons (Fsp3) is 0.500. The maximum atomic E-state index is 12.0. The summed E-state index contributed by atoms with van der Waals surface area (Å²) in [6.07, 6.45) is 0. The Morgan fingerprint density at radius 1 is 1.44 bits per heavy atom. The average Bonchev–Trinajstić information content (AvgIpc) is 2.36. The second kappa shape index (κ2) is 5.87. The van der Waals surface area contributed by atoms with Gasteiger partial charge in [-0.15, -0.1) is 0 Å². The molecule has 0 aliphatic heterocycles. The Labute approximate surface area is 109 Å². The van der Waals surface area contributed by atoms with Crippen LogP contribution < -0.4 is 15.8 Å². The number of nitrogens with two attached hydrogens (primary N) is 1. The molecule has 100 valence electrons. The Bertz CT molecular complexity index is 428. The van der Waals surface area contributed by atoms with Gasteiger partial charge in [-0.1, -0.05) is 19.9 Å². The van der Waals surface area contributed by atoms with Gasteiger partial charge in [0.1, 0.15) is 5.75 Å². The molecular formula is C14H22N2O2. The molecule has 0 saturated carbocycles. The number of amides is 1. The van der Waals surface area contributed by atoms with Crippen molar-refractivity contribution < 1.29 is 9.53 Å². The van der Waals surface area contributed by atoms with Crippen molar-refractivity contribution in [3.63, 3.8) is 0 Å². The van der Waals surface area contributed by atoms with E-state index in [9.17, 15) is 4.79 Å². The van der Waals surface area contributed by atoms with Crippen molar-refractivity contribution in [1.29, 1.82) is 0 Å². The summed E-state index contributed by atoms with van der Waals surface area (Å²) in [5.41, 5.74) is 7.15. The molecule has 4 heteroatoms. The lowest BCUT2D eigenvalue weighted by molar-refractivity contribution is 0.0937. The standard InChI is InChI=1S/C14H22N2O2/c1-10-5-6-11(7-12(10)18-4)13(17)16-9-14(2,3)8-15/h5-7H,8-9,15H2,1-4H3,(H,16,17). The first-order valence-electron chi connectivity index (χ1n) is 6.02. The molecule has 0 bridgehead atoms. The maximum absolute atomic E-state index is 12.0. The maximum Gasteiger partial charge on any atom is 0.251 e. The van der Waals surface area contributed by atoms with Gasteiger partial charge in [-0.3, -0.25) is 4.79 Å². The zero-order valence-corrected chi connectivity index (χ0v) is 11.5. The number of hydrogen-bond acceptors (Lipinski definition) is 3. The van der Waals surface area contributed by atoms with Crippen LogP contribution in [0.2, 0.25) is 0 Å². The van der Waals surface area contributed by atoms with Gasteiger partial charge in [-0.2, -0.15) is 0 Å². The first-order valence-corrected chi connectivity index (χ1v) is 6.02. The highest BCUT2D eigenvalue weighted by Crippen LogP contribution is 2.19. The van der Waals surface area contributed by atoms with Crippen molar-refractivity contribution in [3.8, 4) is 5.75 Å². The van der Waals surface area contributed by atoms with Gasteiger partial charge in [0.25, 0.3) is 5.91 Å². The van der Waals surface area contributed by atoms with E-state index in [1.807, 2.05) is 26.8 Å². The molecular weight excluding hydrogens is 228 g/mol. The van der Waals surface area contributed by atoms with Crippen LogP contribution in [0.1, 0.15) is 29.8 Å². The van der Waals surface area contributed by atoms with Crippen molar-refractivity contribution >= 4 is 5.91 Å². The molecule has 0 aromatic heterocycles. The summed E-state index contributed by atoms with van der Waals surface area (Å²) in [5.74, 6) is 0.621. The SMILES string of the molecule is COc1cc(C(=O)NCC(C)(C)CN)ccc1C. The lowest BCUT2D eigenvalue weighted by atomic mass is 9.94. The van der Waals surface area contributed by atoms with Crippen LogP contribution in [-0.2, 0) is 0 Å². The number of nitrogens with one attached hydrogen (secondary N) is 1. The highest BCUT2D eigenvalue weighted by Gasteiger charge is 2.17. The lowest BCUT2D eigenvalue weighted by Gasteiger charge is -2.22. The van der Waals surface area contributed by atoms with Crippen LogP contribution in [0.3, 0.4) is 0 Å². The molecule has 0 radical (unpaired) electrons. The molecule has 18 heavy (non-hydrogen) atoms. The van der Waals surface area contributed by atoms with Crippen molar-refractivity contribution in [2.75, 3.05) is 20.2 Å². The Hall–Kier alpha value is -1.55. The Morgan fingerprint density at radius 2 is 2.11 bits per heavy atom. The van der Waals surface area contributed by atoms with Gasteiger partial charge in [0.15, 0.2) is 0 Å². The van der Waals surface area contributed by atoms with E-state index < -0.39 is 0 Å². The molecule has 0 aliphatic carbocycles. The quantitative estimate of drug-likeness (QED) is 0.836. The number of ether oxygens (including phenoxy) is 1. The van der Waals surface area contributed by atoms with E-state index >= 15 is 0 Å². The zero-order valence-electron chi connectivity index (χ0n) is 11.5. The normalized spacial score (nSPS) is 11.2. The van der Waals surface area contributed by atoms with E-state index in [4.69, 9.17) is 10.5 Å². The van der Waals surface area contributed by atoms with Gasteiger partial charge in [0.05, 0.1) is 7.11 Å². The lowest BCUT2D eigenvalue weighted by Crippen LogP contribution is -2.38. The average molecular weight is 250 g/mol. The van der Waals surface area contributed by atoms with Crippen LogP contribution in [0.25, 0.3) is 0 Å². The second-order valence-electron chi connectivity index (χ2n) is 5.24. The monoisotopic (exact) mass is 250 g/mol. The molecule has 0 spiro atoms. The summed E-state index contributed by atoms with van der Waals surface area (Å²) < 4.78 is 5.20. The van der Waals surface area contributed by atoms with Crippen LogP contribution in [-0.4, -0.2) is 26.1 Å². The molecule has 1 aromatic carbocycles. The van der Waals surface area contributed by atoms with E-state index in [2.05, 4.69) is 5.32 Å². The predicted molar refractivity (Wildman–Crippen MR) is 72.9 cm³/mol. The highest BCUT2D eigenvalue weighted by molar-refractivity contribution is 5.94. The van der Waals surface area contributed by atoms with Crippen molar-refractivity contribution in [3.05, 3.63) is 29.3 Å². The molecule has 1 aromatic rings. The zero-order chi connectivity index (χ0) is 13.8. The fourth-order valence-corrected chi connectivity index (χ4v) is 1.46. The minimum Gasteiger partial charge on any atom is -0.496 e. The van der Waals surface area contributed by atoms with Gasteiger partial charge in [0.2, 0.25) is 0 Å². The van der Waals surface area contributed by atoms with Crippen LogP contribution in [0.5, 0.6) is 5.75 Å². The predicted octanol–water partition coefficient (Wildman–Crippen LogP) is 1.72. The fourth-order valence-electron chi connectivity index (χ4n) is 1.46. The molecule has 0 fully saturated rings. The van der Waals surface area contributed by atoms with E-state index in [0.29, 0.717) is 18.7 Å². The number of benzene rings is 1. The first kappa shape index (κ1) is 14.5. The van der Waals surface area contributed by atoms with E-state index in [0.717, 1.165) is 11.3 Å². The Morgan fingerprint density at radius 3 is 2.67 bits per heavy atom. The summed E-state index contributed by atoms with van der Waals surface area (Å²) in [6.45, 7) is 7.06. The number of carbonyl (C=O) groups excluding carboxylic acids is 1. The van der Waals surface area contributed by atoms with Gasteiger partial charge in [0, 0.05) is 12.1 Å². The topological polar surface area (TPSA) is 64.3 Å². The number of aryl methyl sites for hydroxylation is 1. The number of methoxy groups -OCH3 is 1. The smallest absolute Gasteiger partial charge is 0.251 e. The molecule has 1 rings (SSSR count). The largest absolute Gasteiger partial charge is 0.496 e. The van der Waals surface area contributed by atoms with Crippen LogP contribution >= 0.6 is 0 Å². The first-order chi connectivity index (χ1) is 8.39. The van der Waals surface area contributed by atoms with Gasteiger partial charge >= 0.3 is 0 Å². The Balaban J connectivity index is 2.73. The summed E-state index contributed by atoms with van der Waals surface area (Å²) in [6, 6.07) is 5.42. The van der Waals surface area contributed by atoms with Crippen molar-refractivity contribution in [2.24, 2.45) is 11.1 Å². The minimum atomic E-state index is -0.102. The van der Waals surface area contributed by atoms with Gasteiger partial charge in [-0.05, 0) is 36.6 Å². The van der Waals surface area contributed by atoms with Crippen LogP contribution in [0.4, 0.5) is 0 Å². The van der Waals surface area contributed by atoms with E-state index in [1.165, 1.54) is 0 Å².